The summed E-state index contributed by atoms with van der Waals surface area (Å²) in [6.07, 6.45) is 0. The summed E-state index contributed by atoms with van der Waals surface area (Å²) in [6, 6.07) is 25.4. The second-order valence-corrected chi connectivity index (χ2v) is 7.37. The van der Waals surface area contributed by atoms with Crippen LogP contribution >= 0.6 is 0 Å². The summed E-state index contributed by atoms with van der Waals surface area (Å²) in [5.41, 5.74) is 2.45. The number of rotatable bonds is 3. The van der Waals surface area contributed by atoms with Crippen LogP contribution in [0.3, 0.4) is 0 Å². The highest BCUT2D eigenvalue weighted by molar-refractivity contribution is 5.70. The maximum Gasteiger partial charge on any atom is 0.164 e. The first-order valence-corrected chi connectivity index (χ1v) is 10.1. The molecule has 0 radical (unpaired) electrons. The molecule has 4 aromatic rings. The van der Waals surface area contributed by atoms with Crippen molar-refractivity contribution in [2.75, 3.05) is 0 Å². The number of nitrogens with zero attached hydrogens (tertiary/aromatic N) is 9. The van der Waals surface area contributed by atoms with Gasteiger partial charge in [-0.3, -0.25) is 0 Å². The molecule has 0 aliphatic heterocycles. The smallest absolute Gasteiger partial charge is 0.164 e. The Kier molecular flexibility index (Phi) is 6.09. The zero-order chi connectivity index (χ0) is 25.7. The van der Waals surface area contributed by atoms with E-state index in [-0.39, 0.29) is 50.9 Å². The monoisotopic (exact) mass is 459 g/mol. The van der Waals surface area contributed by atoms with Crippen LogP contribution in [0, 0.1) is 68.0 Å². The summed E-state index contributed by atoms with van der Waals surface area (Å²) < 4.78 is 0. The summed E-state index contributed by atoms with van der Waals surface area (Å²) >= 11 is 0. The quantitative estimate of drug-likeness (QED) is 0.435. The molecule has 0 bridgehead atoms. The second kappa shape index (κ2) is 9.62. The maximum absolute atomic E-state index is 9.39. The lowest BCUT2D eigenvalue weighted by Gasteiger charge is -2.10. The molecule has 0 unspecified atom stereocenters. The molecule has 0 aliphatic rings. The molecule has 36 heavy (non-hydrogen) atoms. The molecular weight excluding hydrogens is 450 g/mol. The van der Waals surface area contributed by atoms with Gasteiger partial charge in [-0.15, -0.1) is 0 Å². The largest absolute Gasteiger partial charge is 0.208 e. The van der Waals surface area contributed by atoms with E-state index < -0.39 is 0 Å². The van der Waals surface area contributed by atoms with Gasteiger partial charge < -0.3 is 0 Å². The van der Waals surface area contributed by atoms with Crippen LogP contribution in [-0.2, 0) is 0 Å². The average Bonchev–Trinajstić information content (AvgIpc) is 2.95. The highest BCUT2D eigenvalue weighted by Gasteiger charge is 2.16. The van der Waals surface area contributed by atoms with Gasteiger partial charge in [-0.1, -0.05) is 0 Å². The number of hydrogen-bond acceptors (Lipinski definition) is 9. The fraction of sp³-hybridized carbons (Fsp3) is 0. The minimum absolute atomic E-state index is 0.116. The molecular formula is C27H9N9. The normalized spacial score (nSPS) is 9.50. The Balaban J connectivity index is 2.05. The topological polar surface area (TPSA) is 181 Å². The van der Waals surface area contributed by atoms with Gasteiger partial charge in [0.15, 0.2) is 17.5 Å². The van der Waals surface area contributed by atoms with Crippen LogP contribution in [-0.4, -0.2) is 15.0 Å². The van der Waals surface area contributed by atoms with Crippen LogP contribution in [0.1, 0.15) is 33.4 Å². The molecule has 0 saturated heterocycles. The Labute approximate surface area is 205 Å². The highest BCUT2D eigenvalue weighted by atomic mass is 15.0. The van der Waals surface area contributed by atoms with Crippen molar-refractivity contribution in [1.29, 1.82) is 31.6 Å². The Morgan fingerprint density at radius 2 is 0.528 bits per heavy atom. The zero-order valence-electron chi connectivity index (χ0n) is 18.2. The molecule has 0 saturated carbocycles. The SMILES string of the molecule is N#Cc1cc(C#N)cc(-c2nc(-c3cc(C#N)cc(C#N)c3)nc(-c3cc(C#N)cc(C#N)c3)n2)c1. The Bertz CT molecular complexity index is 1490. The predicted molar refractivity (Wildman–Crippen MR) is 124 cm³/mol. The number of hydrogen-bond donors (Lipinski definition) is 0. The van der Waals surface area contributed by atoms with E-state index in [2.05, 4.69) is 15.0 Å². The molecule has 9 heteroatoms. The van der Waals surface area contributed by atoms with Crippen molar-refractivity contribution < 1.29 is 0 Å². The van der Waals surface area contributed by atoms with E-state index in [0.29, 0.717) is 16.7 Å². The number of benzene rings is 3. The van der Waals surface area contributed by atoms with Crippen molar-refractivity contribution in [2.45, 2.75) is 0 Å². The third-order valence-electron chi connectivity index (χ3n) is 4.98. The van der Waals surface area contributed by atoms with E-state index in [4.69, 9.17) is 0 Å². The van der Waals surface area contributed by atoms with E-state index in [1.54, 1.807) is 0 Å². The van der Waals surface area contributed by atoms with Crippen LogP contribution in [0.4, 0.5) is 0 Å². The fourth-order valence-electron chi connectivity index (χ4n) is 3.42. The molecule has 1 heterocycles. The molecule has 0 fully saturated rings. The first-order valence-electron chi connectivity index (χ1n) is 10.1. The number of nitriles is 6. The van der Waals surface area contributed by atoms with Crippen molar-refractivity contribution in [3.63, 3.8) is 0 Å². The van der Waals surface area contributed by atoms with E-state index in [1.165, 1.54) is 54.6 Å². The number of aromatic nitrogens is 3. The summed E-state index contributed by atoms with van der Waals surface area (Å²) in [5.74, 6) is 0.348. The van der Waals surface area contributed by atoms with Crippen molar-refractivity contribution in [2.24, 2.45) is 0 Å². The zero-order valence-corrected chi connectivity index (χ0v) is 18.2. The third kappa shape index (κ3) is 4.54. The lowest BCUT2D eigenvalue weighted by Crippen LogP contribution is -2.02. The van der Waals surface area contributed by atoms with Crippen LogP contribution in [0.5, 0.6) is 0 Å². The van der Waals surface area contributed by atoms with Crippen LogP contribution in [0.15, 0.2) is 54.6 Å². The predicted octanol–water partition coefficient (Wildman–Crippen LogP) is 4.10. The van der Waals surface area contributed by atoms with Crippen LogP contribution in [0.25, 0.3) is 34.2 Å². The van der Waals surface area contributed by atoms with Gasteiger partial charge in [0.2, 0.25) is 0 Å². The highest BCUT2D eigenvalue weighted by Crippen LogP contribution is 2.28. The third-order valence-corrected chi connectivity index (χ3v) is 4.98. The molecule has 3 aromatic carbocycles. The van der Waals surface area contributed by atoms with Crippen LogP contribution < -0.4 is 0 Å². The second-order valence-electron chi connectivity index (χ2n) is 7.37. The molecule has 0 spiro atoms. The van der Waals surface area contributed by atoms with Gasteiger partial charge in [0.25, 0.3) is 0 Å². The van der Waals surface area contributed by atoms with Crippen molar-refractivity contribution in [1.82, 2.24) is 15.0 Å². The Morgan fingerprint density at radius 3 is 0.694 bits per heavy atom. The molecule has 0 atom stereocenters. The average molecular weight is 459 g/mol. The minimum atomic E-state index is 0.116. The summed E-state index contributed by atoms with van der Waals surface area (Å²) in [5, 5.41) is 56.3. The van der Waals surface area contributed by atoms with Crippen molar-refractivity contribution >= 4 is 0 Å². The maximum atomic E-state index is 9.39. The Hall–Kier alpha value is -6.39. The van der Waals surface area contributed by atoms with Gasteiger partial charge in [-0.25, -0.2) is 15.0 Å². The van der Waals surface area contributed by atoms with Gasteiger partial charge in [0.05, 0.1) is 69.8 Å². The van der Waals surface area contributed by atoms with Crippen molar-refractivity contribution in [3.05, 3.63) is 88.0 Å². The molecule has 9 nitrogen and oxygen atoms in total. The first-order chi connectivity index (χ1) is 17.5. The summed E-state index contributed by atoms with van der Waals surface area (Å²) in [7, 11) is 0. The van der Waals surface area contributed by atoms with Gasteiger partial charge >= 0.3 is 0 Å². The lowest BCUT2D eigenvalue weighted by atomic mass is 10.0. The summed E-state index contributed by atoms with van der Waals surface area (Å²) in [6.45, 7) is 0. The van der Waals surface area contributed by atoms with Crippen molar-refractivity contribution in [3.8, 4) is 70.6 Å². The molecule has 4 rings (SSSR count). The molecule has 1 aromatic heterocycles. The molecule has 0 N–H and O–H groups in total. The van der Waals surface area contributed by atoms with Crippen LogP contribution in [0.2, 0.25) is 0 Å². The van der Waals surface area contributed by atoms with Gasteiger partial charge in [-0.2, -0.15) is 31.6 Å². The molecule has 0 amide bonds. The van der Waals surface area contributed by atoms with Gasteiger partial charge in [-0.05, 0) is 54.6 Å². The van der Waals surface area contributed by atoms with Gasteiger partial charge in [0, 0.05) is 16.7 Å². The Morgan fingerprint density at radius 1 is 0.333 bits per heavy atom. The van der Waals surface area contributed by atoms with E-state index in [1.807, 2.05) is 36.4 Å². The fourth-order valence-corrected chi connectivity index (χ4v) is 3.42. The van der Waals surface area contributed by atoms with E-state index in [0.717, 1.165) is 0 Å². The standard InChI is InChI=1S/C27H9N9/c28-10-16-1-17(11-29)5-22(4-16)25-34-26(23-6-18(12-30)2-19(7-23)13-31)36-27(35-25)24-8-20(14-32)3-21(9-24)15-33/h1-9H. The van der Waals surface area contributed by atoms with E-state index >= 15 is 0 Å². The van der Waals surface area contributed by atoms with E-state index in [9.17, 15) is 31.6 Å². The molecule has 162 valence electrons. The first kappa shape index (κ1) is 22.8. The molecule has 0 aliphatic carbocycles. The summed E-state index contributed by atoms with van der Waals surface area (Å²) in [4.78, 5) is 13.5. The minimum Gasteiger partial charge on any atom is -0.208 e. The lowest BCUT2D eigenvalue weighted by molar-refractivity contribution is 1.07. The van der Waals surface area contributed by atoms with Gasteiger partial charge in [0.1, 0.15) is 0 Å².